The third kappa shape index (κ3) is 3.40. The molecule has 28 heavy (non-hydrogen) atoms. The van der Waals surface area contributed by atoms with Gasteiger partial charge in [-0.25, -0.2) is 4.98 Å². The Hall–Kier alpha value is -2.38. The van der Waals surface area contributed by atoms with E-state index < -0.39 is 12.0 Å². The van der Waals surface area contributed by atoms with Crippen LogP contribution in [0.4, 0.5) is 0 Å². The van der Waals surface area contributed by atoms with Crippen LogP contribution in [0, 0.1) is 19.8 Å². The molecule has 2 atom stereocenters. The van der Waals surface area contributed by atoms with Crippen LogP contribution >= 0.6 is 22.9 Å². The van der Waals surface area contributed by atoms with Crippen molar-refractivity contribution in [2.75, 3.05) is 6.61 Å². The van der Waals surface area contributed by atoms with Gasteiger partial charge in [0.2, 0.25) is 0 Å². The van der Waals surface area contributed by atoms with E-state index in [4.69, 9.17) is 21.1 Å². The number of nitrogens with one attached hydrogen (secondary N) is 1. The standard InChI is InChI=1S/C20H19ClN2O4S/c1-9-11(3)28-19-16(9)18(24)22-17(23-19)10(2)27-20(25)13-6-12-7-14(21)4-5-15(12)26-8-13/h4-5,7,10,13H,6,8H2,1-3H3,(H,22,23,24)/t10-,13+/m0/s1. The number of carbonyl (C=O) groups excluding carboxylic acids is 1. The highest BCUT2D eigenvalue weighted by Gasteiger charge is 2.29. The summed E-state index contributed by atoms with van der Waals surface area (Å²) in [5, 5.41) is 1.19. The molecule has 3 heterocycles. The number of halogens is 1. The number of esters is 1. The lowest BCUT2D eigenvalue weighted by Crippen LogP contribution is -2.30. The maximum absolute atomic E-state index is 12.6. The number of aryl methyl sites for hydroxylation is 2. The van der Waals surface area contributed by atoms with Crippen molar-refractivity contribution in [1.82, 2.24) is 9.97 Å². The Morgan fingerprint density at radius 2 is 2.21 bits per heavy atom. The number of rotatable bonds is 3. The molecule has 1 aliphatic heterocycles. The second-order valence-corrected chi connectivity index (χ2v) is 8.60. The van der Waals surface area contributed by atoms with E-state index in [-0.39, 0.29) is 18.1 Å². The summed E-state index contributed by atoms with van der Waals surface area (Å²) in [5.41, 5.74) is 1.60. The molecule has 8 heteroatoms. The number of thiophene rings is 1. The van der Waals surface area contributed by atoms with Gasteiger partial charge >= 0.3 is 5.97 Å². The molecule has 4 rings (SSSR count). The fourth-order valence-corrected chi connectivity index (χ4v) is 4.54. The van der Waals surface area contributed by atoms with Gasteiger partial charge in [0.25, 0.3) is 5.56 Å². The van der Waals surface area contributed by atoms with Crippen LogP contribution in [0.1, 0.15) is 34.9 Å². The predicted octanol–water partition coefficient (Wildman–Crippen LogP) is 4.11. The Bertz CT molecular complexity index is 1140. The molecule has 0 aliphatic carbocycles. The fraction of sp³-hybridized carbons (Fsp3) is 0.350. The minimum Gasteiger partial charge on any atom is -0.492 e. The van der Waals surface area contributed by atoms with Crippen molar-refractivity contribution < 1.29 is 14.3 Å². The van der Waals surface area contributed by atoms with Crippen LogP contribution in [0.2, 0.25) is 5.02 Å². The summed E-state index contributed by atoms with van der Waals surface area (Å²) < 4.78 is 11.2. The lowest BCUT2D eigenvalue weighted by atomic mass is 9.97. The Balaban J connectivity index is 1.52. The van der Waals surface area contributed by atoms with Gasteiger partial charge in [0.1, 0.15) is 17.2 Å². The first kappa shape index (κ1) is 19.0. The van der Waals surface area contributed by atoms with E-state index in [1.807, 2.05) is 13.8 Å². The third-order valence-electron chi connectivity index (χ3n) is 5.00. The number of H-pyrrole nitrogens is 1. The number of hydrogen-bond acceptors (Lipinski definition) is 6. The summed E-state index contributed by atoms with van der Waals surface area (Å²) in [5.74, 6) is 0.253. The number of nitrogens with zero attached hydrogens (tertiary/aromatic N) is 1. The molecule has 0 spiro atoms. The van der Waals surface area contributed by atoms with Crippen LogP contribution < -0.4 is 10.3 Å². The van der Waals surface area contributed by atoms with Crippen LogP contribution in [-0.2, 0) is 16.0 Å². The molecule has 1 aliphatic rings. The van der Waals surface area contributed by atoms with Gasteiger partial charge in [-0.1, -0.05) is 11.6 Å². The Kier molecular flexibility index (Phi) is 4.89. The number of hydrogen-bond donors (Lipinski definition) is 1. The van der Waals surface area contributed by atoms with Gasteiger partial charge in [0.15, 0.2) is 11.9 Å². The normalized spacial score (nSPS) is 17.1. The average Bonchev–Trinajstić information content (AvgIpc) is 2.95. The molecule has 1 aromatic carbocycles. The van der Waals surface area contributed by atoms with Crippen molar-refractivity contribution in [3.05, 3.63) is 55.4 Å². The van der Waals surface area contributed by atoms with Gasteiger partial charge in [0.05, 0.1) is 11.3 Å². The highest BCUT2D eigenvalue weighted by atomic mass is 35.5. The number of aromatic amines is 1. The zero-order valence-corrected chi connectivity index (χ0v) is 17.2. The van der Waals surface area contributed by atoms with E-state index in [0.717, 1.165) is 21.8 Å². The van der Waals surface area contributed by atoms with Crippen molar-refractivity contribution in [2.24, 2.45) is 5.92 Å². The molecule has 0 fully saturated rings. The van der Waals surface area contributed by atoms with E-state index in [2.05, 4.69) is 9.97 Å². The van der Waals surface area contributed by atoms with Gasteiger partial charge in [0, 0.05) is 9.90 Å². The number of ether oxygens (including phenoxy) is 2. The molecule has 2 aromatic heterocycles. The molecular weight excluding hydrogens is 400 g/mol. The molecule has 0 saturated heterocycles. The lowest BCUT2D eigenvalue weighted by molar-refractivity contribution is -0.155. The quantitative estimate of drug-likeness (QED) is 0.647. The second kappa shape index (κ2) is 7.22. The molecule has 0 bridgehead atoms. The van der Waals surface area contributed by atoms with Crippen LogP contribution in [-0.4, -0.2) is 22.5 Å². The molecular formula is C20H19ClN2O4S. The van der Waals surface area contributed by atoms with Crippen LogP contribution in [0.5, 0.6) is 5.75 Å². The molecule has 146 valence electrons. The Labute approximate surface area is 170 Å². The summed E-state index contributed by atoms with van der Waals surface area (Å²) in [7, 11) is 0. The average molecular weight is 419 g/mol. The Morgan fingerprint density at radius 1 is 1.43 bits per heavy atom. The predicted molar refractivity (Wildman–Crippen MR) is 108 cm³/mol. The van der Waals surface area contributed by atoms with E-state index in [9.17, 15) is 9.59 Å². The smallest absolute Gasteiger partial charge is 0.313 e. The van der Waals surface area contributed by atoms with E-state index >= 15 is 0 Å². The van der Waals surface area contributed by atoms with E-state index in [0.29, 0.717) is 27.5 Å². The topological polar surface area (TPSA) is 81.3 Å². The first-order chi connectivity index (χ1) is 13.3. The van der Waals surface area contributed by atoms with Crippen molar-refractivity contribution in [3.63, 3.8) is 0 Å². The molecule has 1 N–H and O–H groups in total. The number of aromatic nitrogens is 2. The minimum atomic E-state index is -0.673. The maximum atomic E-state index is 12.6. The first-order valence-electron chi connectivity index (χ1n) is 8.95. The summed E-state index contributed by atoms with van der Waals surface area (Å²) in [6.07, 6.45) is -0.179. The molecule has 0 radical (unpaired) electrons. The fourth-order valence-electron chi connectivity index (χ4n) is 3.30. The second-order valence-electron chi connectivity index (χ2n) is 6.96. The number of carbonyl (C=O) groups is 1. The molecule has 0 amide bonds. The molecule has 3 aromatic rings. The zero-order chi connectivity index (χ0) is 20.0. The lowest BCUT2D eigenvalue weighted by Gasteiger charge is -2.25. The highest BCUT2D eigenvalue weighted by Crippen LogP contribution is 2.31. The third-order valence-corrected chi connectivity index (χ3v) is 6.33. The summed E-state index contributed by atoms with van der Waals surface area (Å²) in [6.45, 7) is 5.80. The van der Waals surface area contributed by atoms with E-state index in [1.54, 1.807) is 25.1 Å². The number of benzene rings is 1. The Morgan fingerprint density at radius 3 is 3.00 bits per heavy atom. The van der Waals surface area contributed by atoms with Gasteiger partial charge in [-0.3, -0.25) is 9.59 Å². The minimum absolute atomic E-state index is 0.214. The molecule has 6 nitrogen and oxygen atoms in total. The van der Waals surface area contributed by atoms with Crippen molar-refractivity contribution in [1.29, 1.82) is 0 Å². The molecule has 0 saturated carbocycles. The van der Waals surface area contributed by atoms with Crippen LogP contribution in [0.3, 0.4) is 0 Å². The van der Waals surface area contributed by atoms with Crippen molar-refractivity contribution >= 4 is 39.1 Å². The summed E-state index contributed by atoms with van der Waals surface area (Å²) in [6, 6.07) is 5.36. The van der Waals surface area contributed by atoms with Gasteiger partial charge in [-0.05, 0) is 56.5 Å². The maximum Gasteiger partial charge on any atom is 0.313 e. The number of fused-ring (bicyclic) bond motifs is 2. The van der Waals surface area contributed by atoms with Crippen LogP contribution in [0.25, 0.3) is 10.2 Å². The van der Waals surface area contributed by atoms with Crippen molar-refractivity contribution in [2.45, 2.75) is 33.3 Å². The van der Waals surface area contributed by atoms with Gasteiger partial charge in [-0.15, -0.1) is 11.3 Å². The first-order valence-corrected chi connectivity index (χ1v) is 10.1. The largest absolute Gasteiger partial charge is 0.492 e. The summed E-state index contributed by atoms with van der Waals surface area (Å²) in [4.78, 5) is 34.0. The van der Waals surface area contributed by atoms with Gasteiger partial charge < -0.3 is 14.5 Å². The monoisotopic (exact) mass is 418 g/mol. The molecule has 0 unspecified atom stereocenters. The van der Waals surface area contributed by atoms with Gasteiger partial charge in [-0.2, -0.15) is 0 Å². The van der Waals surface area contributed by atoms with E-state index in [1.165, 1.54) is 11.3 Å². The zero-order valence-electron chi connectivity index (χ0n) is 15.7. The van der Waals surface area contributed by atoms with Crippen molar-refractivity contribution in [3.8, 4) is 5.75 Å². The SMILES string of the molecule is Cc1sc2nc([C@H](C)OC(=O)[C@H]3COc4ccc(Cl)cc4C3)[nH]c(=O)c2c1C. The highest BCUT2D eigenvalue weighted by molar-refractivity contribution is 7.18. The summed E-state index contributed by atoms with van der Waals surface area (Å²) >= 11 is 7.49. The van der Waals surface area contributed by atoms with Crippen LogP contribution in [0.15, 0.2) is 23.0 Å².